The molecule has 3 heteroatoms. The normalized spacial score (nSPS) is 11.6. The fourth-order valence-corrected chi connectivity index (χ4v) is 1.80. The highest BCUT2D eigenvalue weighted by Crippen LogP contribution is 2.18. The van der Waals surface area contributed by atoms with Gasteiger partial charge in [0.25, 0.3) is 0 Å². The van der Waals surface area contributed by atoms with Crippen molar-refractivity contribution < 1.29 is 0 Å². The van der Waals surface area contributed by atoms with Crippen LogP contribution < -0.4 is 5.73 Å². The molecule has 0 atom stereocenters. The first-order valence-corrected chi connectivity index (χ1v) is 5.16. The van der Waals surface area contributed by atoms with Gasteiger partial charge in [-0.25, -0.2) is 4.98 Å². The third kappa shape index (κ3) is 1.50. The summed E-state index contributed by atoms with van der Waals surface area (Å²) in [5.41, 5.74) is 9.00. The summed E-state index contributed by atoms with van der Waals surface area (Å²) in [7, 11) is 0. The average molecular weight is 201 g/mol. The van der Waals surface area contributed by atoms with E-state index in [-0.39, 0.29) is 0 Å². The Labute approximate surface area is 89.2 Å². The van der Waals surface area contributed by atoms with E-state index in [0.29, 0.717) is 5.82 Å². The Morgan fingerprint density at radius 3 is 2.93 bits per heavy atom. The van der Waals surface area contributed by atoms with Crippen LogP contribution in [-0.4, -0.2) is 9.38 Å². The van der Waals surface area contributed by atoms with Gasteiger partial charge >= 0.3 is 0 Å². The molecule has 2 rings (SSSR count). The number of hydrogen-bond donors (Lipinski definition) is 1. The van der Waals surface area contributed by atoms with Crippen molar-refractivity contribution in [2.75, 3.05) is 5.73 Å². The number of aromatic nitrogens is 2. The molecule has 0 fully saturated rings. The number of anilines is 1. The lowest BCUT2D eigenvalue weighted by molar-refractivity contribution is 0.973. The zero-order chi connectivity index (χ0) is 10.8. The Bertz CT molecular complexity index is 509. The number of fused-ring (bicyclic) bond motifs is 1. The van der Waals surface area contributed by atoms with Crippen LogP contribution in [0.4, 0.5) is 5.82 Å². The van der Waals surface area contributed by atoms with E-state index in [9.17, 15) is 0 Å². The van der Waals surface area contributed by atoms with Crippen LogP contribution >= 0.6 is 0 Å². The lowest BCUT2D eigenvalue weighted by Gasteiger charge is -2.04. The number of pyridine rings is 1. The molecule has 0 aromatic carbocycles. The van der Waals surface area contributed by atoms with Crippen molar-refractivity contribution >= 4 is 17.5 Å². The molecule has 2 aromatic heterocycles. The predicted octanol–water partition coefficient (Wildman–Crippen LogP) is 2.51. The molecule has 0 amide bonds. The van der Waals surface area contributed by atoms with Gasteiger partial charge in [0.05, 0.1) is 5.69 Å². The molecule has 0 aliphatic heterocycles. The molecule has 0 saturated carbocycles. The fourth-order valence-electron chi connectivity index (χ4n) is 1.80. The second-order valence-electron chi connectivity index (χ2n) is 3.45. The van der Waals surface area contributed by atoms with Crippen molar-refractivity contribution in [1.29, 1.82) is 0 Å². The highest BCUT2D eigenvalue weighted by Gasteiger charge is 2.08. The monoisotopic (exact) mass is 201 g/mol. The number of allylic oxidation sites excluding steroid dienone is 1. The van der Waals surface area contributed by atoms with Gasteiger partial charge in [-0.15, -0.1) is 0 Å². The van der Waals surface area contributed by atoms with Crippen LogP contribution in [0.15, 0.2) is 24.3 Å². The van der Waals surface area contributed by atoms with Crippen molar-refractivity contribution in [3.63, 3.8) is 0 Å². The Hall–Kier alpha value is -1.77. The van der Waals surface area contributed by atoms with Crippen LogP contribution in [0, 0.1) is 0 Å². The SMILES string of the molecule is C/C=C/c1c(N)nc2cccc(CC)n12. The van der Waals surface area contributed by atoms with E-state index in [1.807, 2.05) is 31.2 Å². The van der Waals surface area contributed by atoms with Crippen LogP contribution in [0.2, 0.25) is 0 Å². The molecule has 0 bridgehead atoms. The van der Waals surface area contributed by atoms with Crippen molar-refractivity contribution in [2.24, 2.45) is 0 Å². The van der Waals surface area contributed by atoms with Gasteiger partial charge in [-0.05, 0) is 31.6 Å². The molecule has 0 saturated heterocycles. The summed E-state index contributed by atoms with van der Waals surface area (Å²) in [5, 5.41) is 0. The van der Waals surface area contributed by atoms with Crippen LogP contribution in [0.1, 0.15) is 25.2 Å². The van der Waals surface area contributed by atoms with Gasteiger partial charge in [0.2, 0.25) is 0 Å². The fraction of sp³-hybridized carbons (Fsp3) is 0.250. The van der Waals surface area contributed by atoms with Crippen molar-refractivity contribution in [2.45, 2.75) is 20.3 Å². The van der Waals surface area contributed by atoms with Gasteiger partial charge in [-0.3, -0.25) is 4.40 Å². The smallest absolute Gasteiger partial charge is 0.150 e. The molecule has 78 valence electrons. The van der Waals surface area contributed by atoms with Gasteiger partial charge in [0.15, 0.2) is 0 Å². The summed E-state index contributed by atoms with van der Waals surface area (Å²) in [6, 6.07) is 6.09. The Kier molecular flexibility index (Phi) is 2.46. The van der Waals surface area contributed by atoms with Crippen molar-refractivity contribution in [3.05, 3.63) is 35.7 Å². The number of hydrogen-bond acceptors (Lipinski definition) is 2. The zero-order valence-electron chi connectivity index (χ0n) is 9.07. The number of aryl methyl sites for hydroxylation is 1. The lowest BCUT2D eigenvalue weighted by atomic mass is 10.2. The molecule has 2 aromatic rings. The topological polar surface area (TPSA) is 43.3 Å². The first-order valence-electron chi connectivity index (χ1n) is 5.16. The Morgan fingerprint density at radius 1 is 1.47 bits per heavy atom. The molecule has 0 aliphatic rings. The van der Waals surface area contributed by atoms with Crippen LogP contribution in [0.5, 0.6) is 0 Å². The third-order valence-corrected chi connectivity index (χ3v) is 2.48. The molecular weight excluding hydrogens is 186 g/mol. The van der Waals surface area contributed by atoms with E-state index in [4.69, 9.17) is 5.73 Å². The van der Waals surface area contributed by atoms with Crippen LogP contribution in [0.3, 0.4) is 0 Å². The quantitative estimate of drug-likeness (QED) is 0.811. The first kappa shape index (κ1) is 9.77. The van der Waals surface area contributed by atoms with E-state index < -0.39 is 0 Å². The van der Waals surface area contributed by atoms with Gasteiger partial charge in [0, 0.05) is 5.69 Å². The van der Waals surface area contributed by atoms with Gasteiger partial charge in [0.1, 0.15) is 11.5 Å². The maximum Gasteiger partial charge on any atom is 0.150 e. The van der Waals surface area contributed by atoms with Crippen LogP contribution in [0.25, 0.3) is 11.7 Å². The van der Waals surface area contributed by atoms with Gasteiger partial charge < -0.3 is 5.73 Å². The Balaban J connectivity index is 2.82. The molecule has 15 heavy (non-hydrogen) atoms. The standard InChI is InChI=1S/C12H15N3/c1-3-6-10-12(13)14-11-8-5-7-9(4-2)15(10)11/h3,5-8H,4,13H2,1-2H3/b6-3+. The molecule has 3 nitrogen and oxygen atoms in total. The lowest BCUT2D eigenvalue weighted by Crippen LogP contribution is -1.97. The zero-order valence-corrected chi connectivity index (χ0v) is 9.07. The van der Waals surface area contributed by atoms with Crippen molar-refractivity contribution in [3.8, 4) is 0 Å². The number of nitrogens with zero attached hydrogens (tertiary/aromatic N) is 2. The molecule has 0 radical (unpaired) electrons. The minimum atomic E-state index is 0.592. The second kappa shape index (κ2) is 3.77. The maximum atomic E-state index is 5.88. The number of nitrogens with two attached hydrogens (primary N) is 1. The Morgan fingerprint density at radius 2 is 2.27 bits per heavy atom. The first-order chi connectivity index (χ1) is 7.27. The van der Waals surface area contributed by atoms with Gasteiger partial charge in [-0.1, -0.05) is 19.1 Å². The highest BCUT2D eigenvalue weighted by molar-refractivity contribution is 5.65. The summed E-state index contributed by atoms with van der Waals surface area (Å²) >= 11 is 0. The van der Waals surface area contributed by atoms with Crippen LogP contribution in [-0.2, 0) is 6.42 Å². The molecule has 2 heterocycles. The summed E-state index contributed by atoms with van der Waals surface area (Å²) in [4.78, 5) is 4.33. The summed E-state index contributed by atoms with van der Waals surface area (Å²) in [6.07, 6.45) is 4.94. The largest absolute Gasteiger partial charge is 0.382 e. The number of rotatable bonds is 2. The van der Waals surface area contributed by atoms with E-state index in [1.165, 1.54) is 5.69 Å². The predicted molar refractivity (Wildman–Crippen MR) is 63.7 cm³/mol. The number of imidazole rings is 1. The summed E-state index contributed by atoms with van der Waals surface area (Å²) in [5.74, 6) is 0.592. The molecule has 0 spiro atoms. The van der Waals surface area contributed by atoms with E-state index in [1.54, 1.807) is 0 Å². The van der Waals surface area contributed by atoms with E-state index in [0.717, 1.165) is 17.8 Å². The van der Waals surface area contributed by atoms with E-state index >= 15 is 0 Å². The van der Waals surface area contributed by atoms with E-state index in [2.05, 4.69) is 22.4 Å². The van der Waals surface area contributed by atoms with Crippen molar-refractivity contribution in [1.82, 2.24) is 9.38 Å². The molecule has 0 aliphatic carbocycles. The molecule has 0 unspecified atom stereocenters. The third-order valence-electron chi connectivity index (χ3n) is 2.48. The minimum absolute atomic E-state index is 0.592. The molecular formula is C12H15N3. The summed E-state index contributed by atoms with van der Waals surface area (Å²) in [6.45, 7) is 4.11. The number of nitrogen functional groups attached to an aromatic ring is 1. The molecule has 2 N–H and O–H groups in total. The second-order valence-corrected chi connectivity index (χ2v) is 3.45. The van der Waals surface area contributed by atoms with Gasteiger partial charge in [-0.2, -0.15) is 0 Å². The summed E-state index contributed by atoms with van der Waals surface area (Å²) < 4.78 is 2.11. The maximum absolute atomic E-state index is 5.88. The minimum Gasteiger partial charge on any atom is -0.382 e. The highest BCUT2D eigenvalue weighted by atomic mass is 15.1. The average Bonchev–Trinajstić information content (AvgIpc) is 2.56.